The van der Waals surface area contributed by atoms with E-state index in [9.17, 15) is 14.9 Å². The highest BCUT2D eigenvalue weighted by atomic mass is 16.6. The van der Waals surface area contributed by atoms with Crippen molar-refractivity contribution in [2.45, 2.75) is 13.3 Å². The zero-order valence-electron chi connectivity index (χ0n) is 10.9. The Morgan fingerprint density at radius 1 is 1.15 bits per heavy atom. The monoisotopic (exact) mass is 271 g/mol. The van der Waals surface area contributed by atoms with E-state index in [-0.39, 0.29) is 29.2 Å². The van der Waals surface area contributed by atoms with Gasteiger partial charge in [0.2, 0.25) is 0 Å². The Bertz CT molecular complexity index is 638. The van der Waals surface area contributed by atoms with Crippen molar-refractivity contribution < 1.29 is 14.5 Å². The number of Topliss-reactive ketones (excluding diaryl/α,β-unsaturated/α-hetero) is 1. The number of carbonyl (C=O) groups is 1. The van der Waals surface area contributed by atoms with Crippen LogP contribution >= 0.6 is 0 Å². The molecule has 20 heavy (non-hydrogen) atoms. The van der Waals surface area contributed by atoms with E-state index >= 15 is 0 Å². The fraction of sp³-hybridized carbons (Fsp3) is 0.133. The smallest absolute Gasteiger partial charge is 0.283 e. The van der Waals surface area contributed by atoms with Gasteiger partial charge >= 0.3 is 0 Å². The maximum absolute atomic E-state index is 12.0. The molecule has 0 aliphatic heterocycles. The van der Waals surface area contributed by atoms with Crippen molar-refractivity contribution in [3.8, 4) is 11.5 Å². The molecule has 2 aromatic rings. The molecule has 5 nitrogen and oxygen atoms in total. The Morgan fingerprint density at radius 2 is 1.85 bits per heavy atom. The molecule has 0 N–H and O–H groups in total. The molecule has 5 heteroatoms. The molecule has 0 unspecified atom stereocenters. The minimum atomic E-state index is -0.569. The lowest BCUT2D eigenvalue weighted by Crippen LogP contribution is -2.05. The highest BCUT2D eigenvalue weighted by Gasteiger charge is 2.24. The average molecular weight is 271 g/mol. The highest BCUT2D eigenvalue weighted by molar-refractivity contribution is 6.02. The third-order valence-electron chi connectivity index (χ3n) is 2.77. The molecule has 0 aliphatic rings. The lowest BCUT2D eigenvalue weighted by molar-refractivity contribution is -0.385. The molecule has 0 fully saturated rings. The number of para-hydroxylation sites is 1. The summed E-state index contributed by atoms with van der Waals surface area (Å²) in [5.74, 6) is 0.415. The summed E-state index contributed by atoms with van der Waals surface area (Å²) in [6, 6.07) is 13.2. The van der Waals surface area contributed by atoms with Gasteiger partial charge in [0.05, 0.1) is 4.92 Å². The van der Waals surface area contributed by atoms with Crippen molar-refractivity contribution >= 4 is 11.5 Å². The summed E-state index contributed by atoms with van der Waals surface area (Å²) in [6.07, 6.45) is 0.177. The molecule has 0 radical (unpaired) electrons. The van der Waals surface area contributed by atoms with Crippen LogP contribution in [0.2, 0.25) is 0 Å². The number of carbonyl (C=O) groups excluding carboxylic acids is 1. The van der Waals surface area contributed by atoms with Gasteiger partial charge in [-0.05, 0) is 18.2 Å². The number of nitro groups is 1. The first-order valence-electron chi connectivity index (χ1n) is 6.17. The third kappa shape index (κ3) is 2.83. The van der Waals surface area contributed by atoms with Crippen LogP contribution in [0.1, 0.15) is 23.7 Å². The second-order valence-electron chi connectivity index (χ2n) is 4.10. The van der Waals surface area contributed by atoms with E-state index < -0.39 is 4.92 Å². The second kappa shape index (κ2) is 5.97. The Balaban J connectivity index is 2.49. The number of nitrogens with zero attached hydrogens (tertiary/aromatic N) is 1. The molecule has 0 amide bonds. The van der Waals surface area contributed by atoms with Gasteiger partial charge in [-0.15, -0.1) is 0 Å². The molecule has 102 valence electrons. The van der Waals surface area contributed by atoms with Gasteiger partial charge in [0.25, 0.3) is 5.69 Å². The molecule has 0 spiro atoms. The summed E-state index contributed by atoms with van der Waals surface area (Å²) in [4.78, 5) is 22.4. The summed E-state index contributed by atoms with van der Waals surface area (Å²) >= 11 is 0. The normalized spacial score (nSPS) is 10.1. The van der Waals surface area contributed by atoms with Crippen molar-refractivity contribution in [2.24, 2.45) is 0 Å². The van der Waals surface area contributed by atoms with Gasteiger partial charge in [-0.3, -0.25) is 14.9 Å². The van der Waals surface area contributed by atoms with Crippen LogP contribution in [0.15, 0.2) is 48.5 Å². The minimum Gasteiger partial charge on any atom is -0.456 e. The number of ketones is 1. The van der Waals surface area contributed by atoms with E-state index in [2.05, 4.69) is 0 Å². The number of nitro benzene ring substituents is 1. The standard InChI is InChI=1S/C15H13NO4/c1-2-13(17)15-12(16(18)19)9-6-10-14(15)20-11-7-4-3-5-8-11/h3-10H,2H2,1H3. The van der Waals surface area contributed by atoms with Crippen molar-refractivity contribution in [1.82, 2.24) is 0 Å². The van der Waals surface area contributed by atoms with Crippen LogP contribution in [0.5, 0.6) is 11.5 Å². The maximum atomic E-state index is 12.0. The highest BCUT2D eigenvalue weighted by Crippen LogP contribution is 2.32. The van der Waals surface area contributed by atoms with Gasteiger partial charge in [0.15, 0.2) is 5.78 Å². The lowest BCUT2D eigenvalue weighted by atomic mass is 10.1. The van der Waals surface area contributed by atoms with Crippen LogP contribution in [0, 0.1) is 10.1 Å². The topological polar surface area (TPSA) is 69.4 Å². The fourth-order valence-electron chi connectivity index (χ4n) is 1.83. The molecule has 0 saturated carbocycles. The average Bonchev–Trinajstić information content (AvgIpc) is 2.47. The Labute approximate surface area is 116 Å². The third-order valence-corrected chi connectivity index (χ3v) is 2.77. The summed E-state index contributed by atoms with van der Waals surface area (Å²) in [6.45, 7) is 1.66. The quantitative estimate of drug-likeness (QED) is 0.468. The van der Waals surface area contributed by atoms with Crippen molar-refractivity contribution in [2.75, 3.05) is 0 Å². The first kappa shape index (κ1) is 13.7. The largest absolute Gasteiger partial charge is 0.456 e. The van der Waals surface area contributed by atoms with E-state index in [1.54, 1.807) is 37.3 Å². The summed E-state index contributed by atoms with van der Waals surface area (Å²) < 4.78 is 5.60. The van der Waals surface area contributed by atoms with Crippen LogP contribution < -0.4 is 4.74 Å². The number of ether oxygens (including phenoxy) is 1. The van der Waals surface area contributed by atoms with Gasteiger partial charge in [-0.1, -0.05) is 31.2 Å². The van der Waals surface area contributed by atoms with Crippen LogP contribution in [0.3, 0.4) is 0 Å². The zero-order valence-corrected chi connectivity index (χ0v) is 10.9. The van der Waals surface area contributed by atoms with E-state index in [0.717, 1.165) is 0 Å². The van der Waals surface area contributed by atoms with Gasteiger partial charge in [0.1, 0.15) is 17.1 Å². The van der Waals surface area contributed by atoms with Gasteiger partial charge in [0, 0.05) is 12.5 Å². The molecule has 0 heterocycles. The number of hydrogen-bond acceptors (Lipinski definition) is 4. The molecule has 0 aromatic heterocycles. The van der Waals surface area contributed by atoms with Crippen molar-refractivity contribution in [1.29, 1.82) is 0 Å². The van der Waals surface area contributed by atoms with Crippen molar-refractivity contribution in [3.63, 3.8) is 0 Å². The predicted molar refractivity (Wildman–Crippen MR) is 74.2 cm³/mol. The number of benzene rings is 2. The zero-order chi connectivity index (χ0) is 14.5. The fourth-order valence-corrected chi connectivity index (χ4v) is 1.83. The van der Waals surface area contributed by atoms with E-state index in [4.69, 9.17) is 4.74 Å². The Kier molecular flexibility index (Phi) is 4.10. The SMILES string of the molecule is CCC(=O)c1c(Oc2ccccc2)cccc1[N+](=O)[O-]. The predicted octanol–water partition coefficient (Wildman–Crippen LogP) is 3.98. The molecule has 0 saturated heterocycles. The summed E-state index contributed by atoms with van der Waals surface area (Å²) in [7, 11) is 0. The first-order chi connectivity index (χ1) is 9.63. The number of hydrogen-bond donors (Lipinski definition) is 0. The lowest BCUT2D eigenvalue weighted by Gasteiger charge is -2.10. The molecule has 0 aliphatic carbocycles. The Morgan fingerprint density at radius 3 is 2.45 bits per heavy atom. The molecule has 2 aromatic carbocycles. The van der Waals surface area contributed by atoms with Gasteiger partial charge in [-0.2, -0.15) is 0 Å². The van der Waals surface area contributed by atoms with E-state index in [0.29, 0.717) is 5.75 Å². The molecular formula is C15H13NO4. The summed E-state index contributed by atoms with van der Waals surface area (Å²) in [5.41, 5.74) is -0.214. The van der Waals surface area contributed by atoms with E-state index in [1.165, 1.54) is 12.1 Å². The molecule has 0 atom stereocenters. The minimum absolute atomic E-state index is 0.0175. The van der Waals surface area contributed by atoms with Crippen LogP contribution in [0.25, 0.3) is 0 Å². The summed E-state index contributed by atoms with van der Waals surface area (Å²) in [5, 5.41) is 11.0. The second-order valence-corrected chi connectivity index (χ2v) is 4.10. The molecule has 2 rings (SSSR count). The van der Waals surface area contributed by atoms with E-state index in [1.807, 2.05) is 6.07 Å². The van der Waals surface area contributed by atoms with Crippen LogP contribution in [-0.2, 0) is 0 Å². The van der Waals surface area contributed by atoms with Crippen molar-refractivity contribution in [3.05, 3.63) is 64.2 Å². The molecule has 0 bridgehead atoms. The first-order valence-corrected chi connectivity index (χ1v) is 6.17. The maximum Gasteiger partial charge on any atom is 0.283 e. The van der Waals surface area contributed by atoms with Crippen LogP contribution in [0.4, 0.5) is 5.69 Å². The Hall–Kier alpha value is -2.69. The van der Waals surface area contributed by atoms with Gasteiger partial charge in [-0.25, -0.2) is 0 Å². The number of rotatable bonds is 5. The molecular weight excluding hydrogens is 258 g/mol. The van der Waals surface area contributed by atoms with Gasteiger partial charge < -0.3 is 4.74 Å². The van der Waals surface area contributed by atoms with Crippen LogP contribution in [-0.4, -0.2) is 10.7 Å².